The Morgan fingerprint density at radius 3 is 2.53 bits per heavy atom. The van der Waals surface area contributed by atoms with Gasteiger partial charge in [-0.3, -0.25) is 4.79 Å². The van der Waals surface area contributed by atoms with Crippen molar-refractivity contribution in [3.8, 4) is 0 Å². The molecule has 2 rings (SSSR count). The van der Waals surface area contributed by atoms with E-state index in [0.29, 0.717) is 0 Å². The first kappa shape index (κ1) is 10.6. The fraction of sp³-hybridized carbons (Fsp3) is 0.0833. The molecule has 1 aromatic heterocycles. The lowest BCUT2D eigenvalue weighted by atomic mass is 10.0. The Kier molecular flexibility index (Phi) is 3.03. The highest BCUT2D eigenvalue weighted by molar-refractivity contribution is 9.11. The van der Waals surface area contributed by atoms with E-state index in [-0.39, 0.29) is 5.78 Å². The van der Waals surface area contributed by atoms with E-state index in [2.05, 4.69) is 15.9 Å². The largest absolute Gasteiger partial charge is 0.288 e. The Bertz CT molecular complexity index is 502. The van der Waals surface area contributed by atoms with Crippen LogP contribution in [0.2, 0.25) is 0 Å². The van der Waals surface area contributed by atoms with Gasteiger partial charge in [-0.1, -0.05) is 24.3 Å². The van der Waals surface area contributed by atoms with Gasteiger partial charge in [-0.15, -0.1) is 11.3 Å². The summed E-state index contributed by atoms with van der Waals surface area (Å²) in [6.45, 7) is 1.95. The van der Waals surface area contributed by atoms with Crippen LogP contribution in [0.25, 0.3) is 0 Å². The second-order valence-electron chi connectivity index (χ2n) is 3.25. The molecule has 1 aromatic carbocycles. The number of hydrogen-bond acceptors (Lipinski definition) is 2. The van der Waals surface area contributed by atoms with Crippen LogP contribution in [0.5, 0.6) is 0 Å². The minimum absolute atomic E-state index is 0.101. The lowest BCUT2D eigenvalue weighted by Gasteiger charge is -2.01. The highest BCUT2D eigenvalue weighted by Gasteiger charge is 2.12. The third kappa shape index (κ3) is 2.19. The SMILES string of the molecule is Cc1ccccc1C(=O)c1ccc(Br)s1. The van der Waals surface area contributed by atoms with Crippen molar-refractivity contribution in [3.05, 3.63) is 56.2 Å². The van der Waals surface area contributed by atoms with E-state index in [0.717, 1.165) is 19.8 Å². The van der Waals surface area contributed by atoms with Gasteiger partial charge >= 0.3 is 0 Å². The van der Waals surface area contributed by atoms with Gasteiger partial charge in [0.25, 0.3) is 0 Å². The molecule has 0 aliphatic rings. The molecule has 0 amide bonds. The predicted molar refractivity (Wildman–Crippen MR) is 66.6 cm³/mol. The molecular weight excluding hydrogens is 272 g/mol. The zero-order valence-corrected chi connectivity index (χ0v) is 10.6. The van der Waals surface area contributed by atoms with Crippen molar-refractivity contribution in [1.29, 1.82) is 0 Å². The Balaban J connectivity index is 2.41. The van der Waals surface area contributed by atoms with Gasteiger partial charge in [0.15, 0.2) is 0 Å². The fourth-order valence-electron chi connectivity index (χ4n) is 1.40. The average molecular weight is 281 g/mol. The minimum Gasteiger partial charge on any atom is -0.288 e. The van der Waals surface area contributed by atoms with E-state index in [1.54, 1.807) is 0 Å². The predicted octanol–water partition coefficient (Wildman–Crippen LogP) is 4.05. The van der Waals surface area contributed by atoms with Gasteiger partial charge in [0.1, 0.15) is 0 Å². The monoisotopic (exact) mass is 280 g/mol. The van der Waals surface area contributed by atoms with Crippen molar-refractivity contribution in [3.63, 3.8) is 0 Å². The van der Waals surface area contributed by atoms with E-state index < -0.39 is 0 Å². The molecule has 0 aliphatic carbocycles. The summed E-state index contributed by atoms with van der Waals surface area (Å²) < 4.78 is 0.986. The van der Waals surface area contributed by atoms with Crippen molar-refractivity contribution < 1.29 is 4.79 Å². The number of carbonyl (C=O) groups excluding carboxylic acids is 1. The summed E-state index contributed by atoms with van der Waals surface area (Å²) in [7, 11) is 0. The minimum atomic E-state index is 0.101. The van der Waals surface area contributed by atoms with E-state index in [1.165, 1.54) is 11.3 Å². The normalized spacial score (nSPS) is 10.3. The molecule has 0 radical (unpaired) electrons. The lowest BCUT2D eigenvalue weighted by molar-refractivity contribution is 0.104. The number of ketones is 1. The van der Waals surface area contributed by atoms with Gasteiger partial charge in [-0.25, -0.2) is 0 Å². The van der Waals surface area contributed by atoms with Crippen LogP contribution in [-0.2, 0) is 0 Å². The molecule has 0 unspecified atom stereocenters. The Morgan fingerprint density at radius 1 is 1.20 bits per heavy atom. The number of carbonyl (C=O) groups is 1. The zero-order valence-electron chi connectivity index (χ0n) is 8.16. The molecule has 0 atom stereocenters. The number of rotatable bonds is 2. The van der Waals surface area contributed by atoms with E-state index in [1.807, 2.05) is 43.3 Å². The van der Waals surface area contributed by atoms with Crippen LogP contribution in [-0.4, -0.2) is 5.78 Å². The van der Waals surface area contributed by atoms with Gasteiger partial charge in [-0.05, 0) is 40.5 Å². The summed E-state index contributed by atoms with van der Waals surface area (Å²) in [5.41, 5.74) is 1.80. The second-order valence-corrected chi connectivity index (χ2v) is 5.71. The molecule has 1 heterocycles. The number of halogens is 1. The van der Waals surface area contributed by atoms with Crippen molar-refractivity contribution in [2.75, 3.05) is 0 Å². The van der Waals surface area contributed by atoms with Crippen LogP contribution in [0.15, 0.2) is 40.2 Å². The third-order valence-electron chi connectivity index (χ3n) is 2.19. The molecule has 0 aliphatic heterocycles. The van der Waals surface area contributed by atoms with Gasteiger partial charge in [0, 0.05) is 5.56 Å². The van der Waals surface area contributed by atoms with Crippen LogP contribution in [0, 0.1) is 6.92 Å². The van der Waals surface area contributed by atoms with Gasteiger partial charge in [0.2, 0.25) is 5.78 Å². The van der Waals surface area contributed by atoms with Crippen molar-refractivity contribution in [2.45, 2.75) is 6.92 Å². The van der Waals surface area contributed by atoms with E-state index in [9.17, 15) is 4.79 Å². The van der Waals surface area contributed by atoms with Crippen LogP contribution < -0.4 is 0 Å². The van der Waals surface area contributed by atoms with Crippen LogP contribution in [0.3, 0.4) is 0 Å². The second kappa shape index (κ2) is 4.29. The summed E-state index contributed by atoms with van der Waals surface area (Å²) in [6.07, 6.45) is 0. The molecule has 3 heteroatoms. The Morgan fingerprint density at radius 2 is 1.93 bits per heavy atom. The summed E-state index contributed by atoms with van der Waals surface area (Å²) in [5.74, 6) is 0.101. The van der Waals surface area contributed by atoms with Crippen LogP contribution in [0.1, 0.15) is 20.8 Å². The van der Waals surface area contributed by atoms with Crippen LogP contribution in [0.4, 0.5) is 0 Å². The molecule has 0 bridgehead atoms. The molecule has 0 saturated carbocycles. The lowest BCUT2D eigenvalue weighted by Crippen LogP contribution is -2.00. The first-order valence-electron chi connectivity index (χ1n) is 4.54. The third-order valence-corrected chi connectivity index (χ3v) is 3.81. The Hall–Kier alpha value is -0.930. The molecule has 0 spiro atoms. The molecule has 2 aromatic rings. The van der Waals surface area contributed by atoms with Gasteiger partial charge in [0.05, 0.1) is 8.66 Å². The number of aryl methyl sites for hydroxylation is 1. The van der Waals surface area contributed by atoms with Crippen LogP contribution >= 0.6 is 27.3 Å². The molecule has 0 saturated heterocycles. The standard InChI is InChI=1S/C12H9BrOS/c1-8-4-2-3-5-9(8)12(14)10-6-7-11(13)15-10/h2-7H,1H3. The van der Waals surface area contributed by atoms with E-state index in [4.69, 9.17) is 0 Å². The summed E-state index contributed by atoms with van der Waals surface area (Å²) in [4.78, 5) is 12.8. The summed E-state index contributed by atoms with van der Waals surface area (Å²) in [6, 6.07) is 11.4. The number of hydrogen-bond donors (Lipinski definition) is 0. The fourth-order valence-corrected chi connectivity index (χ4v) is 2.74. The molecule has 1 nitrogen and oxygen atoms in total. The topological polar surface area (TPSA) is 17.1 Å². The number of thiophene rings is 1. The smallest absolute Gasteiger partial charge is 0.203 e. The molecule has 0 fully saturated rings. The summed E-state index contributed by atoms with van der Waals surface area (Å²) >= 11 is 4.82. The quantitative estimate of drug-likeness (QED) is 0.759. The highest BCUT2D eigenvalue weighted by atomic mass is 79.9. The van der Waals surface area contributed by atoms with Crippen molar-refractivity contribution in [1.82, 2.24) is 0 Å². The maximum absolute atomic E-state index is 12.1. The Labute approximate surface area is 101 Å². The maximum Gasteiger partial charge on any atom is 0.203 e. The van der Waals surface area contributed by atoms with Crippen molar-refractivity contribution in [2.24, 2.45) is 0 Å². The summed E-state index contributed by atoms with van der Waals surface area (Å²) in [5, 5.41) is 0. The first-order chi connectivity index (χ1) is 7.18. The van der Waals surface area contributed by atoms with Gasteiger partial charge < -0.3 is 0 Å². The molecule has 76 valence electrons. The number of benzene rings is 1. The maximum atomic E-state index is 12.1. The first-order valence-corrected chi connectivity index (χ1v) is 6.15. The molecular formula is C12H9BrOS. The highest BCUT2D eigenvalue weighted by Crippen LogP contribution is 2.25. The molecule has 15 heavy (non-hydrogen) atoms. The molecule has 0 N–H and O–H groups in total. The van der Waals surface area contributed by atoms with E-state index >= 15 is 0 Å². The zero-order chi connectivity index (χ0) is 10.8. The van der Waals surface area contributed by atoms with Crippen molar-refractivity contribution >= 4 is 33.0 Å². The average Bonchev–Trinajstić information content (AvgIpc) is 2.65. The van der Waals surface area contributed by atoms with Gasteiger partial charge in [-0.2, -0.15) is 0 Å².